The minimum absolute atomic E-state index is 0.183. The zero-order valence-corrected chi connectivity index (χ0v) is 8.91. The van der Waals surface area contributed by atoms with E-state index in [2.05, 4.69) is 10.1 Å². The van der Waals surface area contributed by atoms with Gasteiger partial charge in [-0.2, -0.15) is 0 Å². The predicted molar refractivity (Wildman–Crippen MR) is 51.8 cm³/mol. The molecule has 0 saturated carbocycles. The van der Waals surface area contributed by atoms with Gasteiger partial charge < -0.3 is 20.3 Å². The van der Waals surface area contributed by atoms with Crippen molar-refractivity contribution in [2.75, 3.05) is 26.9 Å². The fourth-order valence-corrected chi connectivity index (χ4v) is 0.846. The standard InChI is InChI=1S/C9H19NO4/c1-7(8(13)14-3)4-10-9(2,5-11)6-12/h7,10-12H,4-6H2,1-3H3. The molecule has 0 heterocycles. The van der Waals surface area contributed by atoms with Crippen LogP contribution in [0, 0.1) is 5.92 Å². The maximum atomic E-state index is 11.0. The summed E-state index contributed by atoms with van der Waals surface area (Å²) in [6, 6.07) is 0. The summed E-state index contributed by atoms with van der Waals surface area (Å²) >= 11 is 0. The number of carbonyl (C=O) groups excluding carboxylic acids is 1. The molecule has 14 heavy (non-hydrogen) atoms. The highest BCUT2D eigenvalue weighted by molar-refractivity contribution is 5.72. The van der Waals surface area contributed by atoms with E-state index in [9.17, 15) is 4.79 Å². The molecule has 0 rings (SSSR count). The van der Waals surface area contributed by atoms with Crippen LogP contribution in [-0.2, 0) is 9.53 Å². The molecule has 5 nitrogen and oxygen atoms in total. The van der Waals surface area contributed by atoms with Crippen LogP contribution in [0.1, 0.15) is 13.8 Å². The van der Waals surface area contributed by atoms with Gasteiger partial charge in [0.1, 0.15) is 0 Å². The molecule has 0 fully saturated rings. The second-order valence-corrected chi connectivity index (χ2v) is 3.68. The molecule has 1 unspecified atom stereocenters. The average molecular weight is 205 g/mol. The second kappa shape index (κ2) is 5.95. The molecule has 1 atom stereocenters. The zero-order valence-electron chi connectivity index (χ0n) is 8.91. The third-order valence-corrected chi connectivity index (χ3v) is 2.14. The Labute approximate surface area is 84.1 Å². The van der Waals surface area contributed by atoms with Crippen LogP contribution in [0.2, 0.25) is 0 Å². The molecule has 0 aliphatic heterocycles. The minimum Gasteiger partial charge on any atom is -0.469 e. The van der Waals surface area contributed by atoms with Crippen LogP contribution < -0.4 is 5.32 Å². The van der Waals surface area contributed by atoms with Crippen molar-refractivity contribution in [3.8, 4) is 0 Å². The maximum Gasteiger partial charge on any atom is 0.309 e. The number of carbonyl (C=O) groups is 1. The number of methoxy groups -OCH3 is 1. The largest absolute Gasteiger partial charge is 0.469 e. The van der Waals surface area contributed by atoms with Crippen LogP contribution in [0.5, 0.6) is 0 Å². The van der Waals surface area contributed by atoms with Gasteiger partial charge in [-0.3, -0.25) is 4.79 Å². The van der Waals surface area contributed by atoms with Gasteiger partial charge in [0.05, 0.1) is 31.8 Å². The molecule has 0 bridgehead atoms. The smallest absolute Gasteiger partial charge is 0.309 e. The molecule has 0 saturated heterocycles. The van der Waals surface area contributed by atoms with E-state index in [0.717, 1.165) is 0 Å². The summed E-state index contributed by atoms with van der Waals surface area (Å²) in [6.07, 6.45) is 0. The van der Waals surface area contributed by atoms with Gasteiger partial charge in [0, 0.05) is 6.54 Å². The first-order valence-electron chi connectivity index (χ1n) is 4.53. The van der Waals surface area contributed by atoms with Crippen molar-refractivity contribution >= 4 is 5.97 Å². The summed E-state index contributed by atoms with van der Waals surface area (Å²) in [5.41, 5.74) is -0.748. The first-order valence-corrected chi connectivity index (χ1v) is 4.53. The fraction of sp³-hybridized carbons (Fsp3) is 0.889. The van der Waals surface area contributed by atoms with E-state index in [0.29, 0.717) is 6.54 Å². The molecular formula is C9H19NO4. The normalized spacial score (nSPS) is 13.8. The zero-order chi connectivity index (χ0) is 11.2. The van der Waals surface area contributed by atoms with E-state index in [1.54, 1.807) is 13.8 Å². The van der Waals surface area contributed by atoms with E-state index >= 15 is 0 Å². The van der Waals surface area contributed by atoms with Crippen molar-refractivity contribution in [1.29, 1.82) is 0 Å². The molecule has 0 spiro atoms. The van der Waals surface area contributed by atoms with Crippen molar-refractivity contribution in [3.63, 3.8) is 0 Å². The third kappa shape index (κ3) is 4.04. The number of aliphatic hydroxyl groups is 2. The highest BCUT2D eigenvalue weighted by atomic mass is 16.5. The topological polar surface area (TPSA) is 78.8 Å². The molecule has 0 amide bonds. The van der Waals surface area contributed by atoms with Crippen molar-refractivity contribution in [2.24, 2.45) is 5.92 Å². The van der Waals surface area contributed by atoms with Crippen molar-refractivity contribution in [3.05, 3.63) is 0 Å². The lowest BCUT2D eigenvalue weighted by molar-refractivity contribution is -0.144. The second-order valence-electron chi connectivity index (χ2n) is 3.68. The Hall–Kier alpha value is -0.650. The summed E-state index contributed by atoms with van der Waals surface area (Å²) in [7, 11) is 1.33. The van der Waals surface area contributed by atoms with Gasteiger partial charge in [-0.15, -0.1) is 0 Å². The number of aliphatic hydroxyl groups excluding tert-OH is 2. The van der Waals surface area contributed by atoms with Gasteiger partial charge in [-0.05, 0) is 6.92 Å². The average Bonchev–Trinajstić information content (AvgIpc) is 2.24. The molecule has 5 heteroatoms. The van der Waals surface area contributed by atoms with Crippen LogP contribution in [0.25, 0.3) is 0 Å². The Bertz CT molecular complexity index is 180. The molecule has 0 aliphatic carbocycles. The summed E-state index contributed by atoms with van der Waals surface area (Å²) in [4.78, 5) is 11.0. The lowest BCUT2D eigenvalue weighted by Crippen LogP contribution is -2.51. The maximum absolute atomic E-state index is 11.0. The molecule has 0 radical (unpaired) electrons. The van der Waals surface area contributed by atoms with Gasteiger partial charge in [-0.25, -0.2) is 0 Å². The first-order chi connectivity index (χ1) is 6.49. The molecule has 0 aromatic rings. The van der Waals surface area contributed by atoms with E-state index < -0.39 is 5.54 Å². The summed E-state index contributed by atoms with van der Waals surface area (Å²) in [5, 5.41) is 20.8. The van der Waals surface area contributed by atoms with Crippen LogP contribution >= 0.6 is 0 Å². The molecule has 0 aliphatic rings. The van der Waals surface area contributed by atoms with E-state index in [4.69, 9.17) is 10.2 Å². The molecule has 0 aromatic heterocycles. The van der Waals surface area contributed by atoms with Gasteiger partial charge >= 0.3 is 5.97 Å². The van der Waals surface area contributed by atoms with Gasteiger partial charge in [-0.1, -0.05) is 6.92 Å². The molecule has 84 valence electrons. The van der Waals surface area contributed by atoms with Crippen LogP contribution in [0.3, 0.4) is 0 Å². The van der Waals surface area contributed by atoms with E-state index in [1.165, 1.54) is 7.11 Å². The Morgan fingerprint density at radius 2 is 2.00 bits per heavy atom. The van der Waals surface area contributed by atoms with Crippen LogP contribution in [0.15, 0.2) is 0 Å². The molecule has 0 aromatic carbocycles. The number of ether oxygens (including phenoxy) is 1. The third-order valence-electron chi connectivity index (χ3n) is 2.14. The number of nitrogens with one attached hydrogen (secondary N) is 1. The lowest BCUT2D eigenvalue weighted by Gasteiger charge is -2.27. The Morgan fingerprint density at radius 1 is 1.50 bits per heavy atom. The lowest BCUT2D eigenvalue weighted by atomic mass is 10.0. The molecular weight excluding hydrogens is 186 g/mol. The summed E-state index contributed by atoms with van der Waals surface area (Å²) in [6.45, 7) is 3.39. The highest BCUT2D eigenvalue weighted by Crippen LogP contribution is 2.03. The monoisotopic (exact) mass is 205 g/mol. The quantitative estimate of drug-likeness (QED) is 0.491. The predicted octanol–water partition coefficient (Wildman–Crippen LogP) is -0.872. The van der Waals surface area contributed by atoms with Gasteiger partial charge in [0.15, 0.2) is 0 Å². The highest BCUT2D eigenvalue weighted by Gasteiger charge is 2.23. The SMILES string of the molecule is COC(=O)C(C)CNC(C)(CO)CO. The summed E-state index contributed by atoms with van der Waals surface area (Å²) in [5.74, 6) is -0.604. The van der Waals surface area contributed by atoms with E-state index in [1.807, 2.05) is 0 Å². The Kier molecular flexibility index (Phi) is 5.68. The van der Waals surface area contributed by atoms with Crippen molar-refractivity contribution < 1.29 is 19.7 Å². The van der Waals surface area contributed by atoms with Crippen molar-refractivity contribution in [1.82, 2.24) is 5.32 Å². The Balaban J connectivity index is 3.97. The van der Waals surface area contributed by atoms with E-state index in [-0.39, 0.29) is 25.1 Å². The Morgan fingerprint density at radius 3 is 2.36 bits per heavy atom. The summed E-state index contributed by atoms with van der Waals surface area (Å²) < 4.78 is 4.54. The minimum atomic E-state index is -0.748. The van der Waals surface area contributed by atoms with Gasteiger partial charge in [0.25, 0.3) is 0 Å². The number of rotatable bonds is 6. The van der Waals surface area contributed by atoms with Crippen LogP contribution in [0.4, 0.5) is 0 Å². The number of hydrogen-bond acceptors (Lipinski definition) is 5. The van der Waals surface area contributed by atoms with Gasteiger partial charge in [0.2, 0.25) is 0 Å². The fourth-order valence-electron chi connectivity index (χ4n) is 0.846. The number of hydrogen-bond donors (Lipinski definition) is 3. The number of esters is 1. The molecule has 3 N–H and O–H groups in total. The van der Waals surface area contributed by atoms with Crippen molar-refractivity contribution in [2.45, 2.75) is 19.4 Å². The van der Waals surface area contributed by atoms with Crippen LogP contribution in [-0.4, -0.2) is 48.6 Å². The first kappa shape index (κ1) is 13.4.